The molecule has 13 heavy (non-hydrogen) atoms. The fourth-order valence-electron chi connectivity index (χ4n) is 1.33. The summed E-state index contributed by atoms with van der Waals surface area (Å²) in [5.41, 5.74) is -0.235. The minimum Gasteiger partial charge on any atom is -0.481 e. The highest BCUT2D eigenvalue weighted by Crippen LogP contribution is 2.30. The molecule has 0 spiro atoms. The van der Waals surface area contributed by atoms with Crippen molar-refractivity contribution in [2.24, 2.45) is 11.3 Å². The van der Waals surface area contributed by atoms with Gasteiger partial charge in [-0.15, -0.1) is 0 Å². The molecule has 0 aromatic carbocycles. The lowest BCUT2D eigenvalue weighted by atomic mass is 9.78. The van der Waals surface area contributed by atoms with E-state index in [2.05, 4.69) is 0 Å². The molecule has 0 aliphatic heterocycles. The van der Waals surface area contributed by atoms with Crippen molar-refractivity contribution in [1.82, 2.24) is 0 Å². The van der Waals surface area contributed by atoms with Gasteiger partial charge in [0.2, 0.25) is 0 Å². The van der Waals surface area contributed by atoms with Gasteiger partial charge in [0.25, 0.3) is 0 Å². The monoisotopic (exact) mass is 188 g/mol. The van der Waals surface area contributed by atoms with Gasteiger partial charge in [-0.1, -0.05) is 20.8 Å². The summed E-state index contributed by atoms with van der Waals surface area (Å²) < 4.78 is 0. The Labute approximate surface area is 79.8 Å². The van der Waals surface area contributed by atoms with Crippen LogP contribution in [0.15, 0.2) is 0 Å². The third kappa shape index (κ3) is 4.88. The lowest BCUT2D eigenvalue weighted by Gasteiger charge is -2.27. The van der Waals surface area contributed by atoms with Gasteiger partial charge in [0.15, 0.2) is 0 Å². The lowest BCUT2D eigenvalue weighted by molar-refractivity contribution is -0.146. The molecule has 0 aliphatic carbocycles. The Morgan fingerprint density at radius 1 is 1.31 bits per heavy atom. The van der Waals surface area contributed by atoms with Gasteiger partial charge in [-0.25, -0.2) is 0 Å². The average molecular weight is 188 g/mol. The zero-order valence-corrected chi connectivity index (χ0v) is 8.87. The summed E-state index contributed by atoms with van der Waals surface area (Å²) in [5.74, 6) is -1.14. The Balaban J connectivity index is 4.20. The highest BCUT2D eigenvalue weighted by Gasteiger charge is 2.30. The maximum absolute atomic E-state index is 10.9. The van der Waals surface area contributed by atoms with Crippen LogP contribution in [0.1, 0.15) is 40.5 Å². The van der Waals surface area contributed by atoms with Crippen LogP contribution in [0.2, 0.25) is 0 Å². The highest BCUT2D eigenvalue weighted by atomic mass is 16.4. The molecule has 0 aromatic heterocycles. The number of rotatable bonds is 4. The summed E-state index contributed by atoms with van der Waals surface area (Å²) >= 11 is 0. The molecule has 2 N–H and O–H groups in total. The number of aliphatic hydroxyl groups is 1. The number of carboxylic acid groups (broad SMARTS) is 1. The fraction of sp³-hybridized carbons (Fsp3) is 0.900. The topological polar surface area (TPSA) is 57.5 Å². The van der Waals surface area contributed by atoms with Gasteiger partial charge in [-0.05, 0) is 25.2 Å². The molecule has 2 atom stereocenters. The van der Waals surface area contributed by atoms with E-state index in [4.69, 9.17) is 10.2 Å². The van der Waals surface area contributed by atoms with E-state index in [0.29, 0.717) is 12.8 Å². The Morgan fingerprint density at radius 2 is 1.77 bits per heavy atom. The van der Waals surface area contributed by atoms with E-state index < -0.39 is 12.1 Å². The Bertz CT molecular complexity index is 167. The summed E-state index contributed by atoms with van der Waals surface area (Å²) in [6.07, 6.45) is 0.675. The molecule has 0 aromatic rings. The van der Waals surface area contributed by atoms with Crippen LogP contribution in [0, 0.1) is 11.3 Å². The second kappa shape index (κ2) is 4.61. The van der Waals surface area contributed by atoms with Crippen LogP contribution in [-0.2, 0) is 4.79 Å². The Hall–Kier alpha value is -0.570. The summed E-state index contributed by atoms with van der Waals surface area (Å²) in [4.78, 5) is 10.9. The van der Waals surface area contributed by atoms with Crippen molar-refractivity contribution >= 4 is 5.97 Å². The van der Waals surface area contributed by atoms with Gasteiger partial charge in [0, 0.05) is 0 Å². The van der Waals surface area contributed by atoms with Gasteiger partial charge >= 0.3 is 5.97 Å². The number of hydrogen-bond donors (Lipinski definition) is 2. The normalized spacial score (nSPS) is 16.7. The second-order valence-corrected chi connectivity index (χ2v) is 4.68. The molecular weight excluding hydrogens is 168 g/mol. The predicted molar refractivity (Wildman–Crippen MR) is 51.5 cm³/mol. The maximum atomic E-state index is 10.9. The van der Waals surface area contributed by atoms with Crippen LogP contribution >= 0.6 is 0 Å². The zero-order valence-electron chi connectivity index (χ0n) is 8.87. The summed E-state index contributed by atoms with van der Waals surface area (Å²) in [7, 11) is 0. The van der Waals surface area contributed by atoms with Crippen LogP contribution in [0.3, 0.4) is 0 Å². The molecule has 0 saturated carbocycles. The van der Waals surface area contributed by atoms with Crippen LogP contribution in [-0.4, -0.2) is 22.3 Å². The lowest BCUT2D eigenvalue weighted by Crippen LogP contribution is -2.29. The first-order valence-electron chi connectivity index (χ1n) is 4.66. The number of hydrogen-bond acceptors (Lipinski definition) is 2. The number of aliphatic carboxylic acids is 1. The molecule has 0 amide bonds. The fourth-order valence-corrected chi connectivity index (χ4v) is 1.33. The van der Waals surface area contributed by atoms with Crippen molar-refractivity contribution in [1.29, 1.82) is 0 Å². The van der Waals surface area contributed by atoms with E-state index in [-0.39, 0.29) is 11.3 Å². The Kier molecular flexibility index (Phi) is 4.40. The molecule has 0 saturated heterocycles. The van der Waals surface area contributed by atoms with E-state index in [1.807, 2.05) is 20.8 Å². The summed E-state index contributed by atoms with van der Waals surface area (Å²) in [5, 5.41) is 18.0. The highest BCUT2D eigenvalue weighted by molar-refractivity contribution is 5.70. The van der Waals surface area contributed by atoms with Gasteiger partial charge in [-0.3, -0.25) is 4.79 Å². The van der Waals surface area contributed by atoms with Gasteiger partial charge in [0.05, 0.1) is 12.0 Å². The molecule has 0 fully saturated rings. The van der Waals surface area contributed by atoms with Crippen LogP contribution in [0.4, 0.5) is 0 Å². The Morgan fingerprint density at radius 3 is 2.00 bits per heavy atom. The molecule has 0 rings (SSSR count). The van der Waals surface area contributed by atoms with Gasteiger partial charge in [-0.2, -0.15) is 0 Å². The predicted octanol–water partition coefficient (Wildman–Crippen LogP) is 1.89. The van der Waals surface area contributed by atoms with E-state index in [1.54, 1.807) is 6.92 Å². The van der Waals surface area contributed by atoms with Crippen molar-refractivity contribution in [3.05, 3.63) is 0 Å². The van der Waals surface area contributed by atoms with Gasteiger partial charge in [0.1, 0.15) is 0 Å². The van der Waals surface area contributed by atoms with Crippen molar-refractivity contribution in [2.75, 3.05) is 0 Å². The summed E-state index contributed by atoms with van der Waals surface area (Å²) in [6, 6.07) is 0. The molecule has 0 bridgehead atoms. The molecule has 0 radical (unpaired) electrons. The van der Waals surface area contributed by atoms with Crippen molar-refractivity contribution in [3.8, 4) is 0 Å². The third-order valence-electron chi connectivity index (χ3n) is 2.22. The molecule has 78 valence electrons. The van der Waals surface area contributed by atoms with Crippen molar-refractivity contribution < 1.29 is 15.0 Å². The minimum atomic E-state index is -0.770. The molecule has 0 heterocycles. The van der Waals surface area contributed by atoms with E-state index in [9.17, 15) is 4.79 Å². The van der Waals surface area contributed by atoms with Crippen LogP contribution in [0.25, 0.3) is 0 Å². The van der Waals surface area contributed by atoms with Crippen LogP contribution in [0.5, 0.6) is 0 Å². The van der Waals surface area contributed by atoms with Crippen LogP contribution < -0.4 is 0 Å². The second-order valence-electron chi connectivity index (χ2n) is 4.68. The largest absolute Gasteiger partial charge is 0.481 e. The molecule has 3 heteroatoms. The standard InChI is InChI=1S/C10H20O3/c1-7(11)5-6-8(9(12)13)10(2,3)4/h7-8,11H,5-6H2,1-4H3,(H,12,13). The smallest absolute Gasteiger partial charge is 0.307 e. The number of aliphatic hydroxyl groups excluding tert-OH is 1. The zero-order chi connectivity index (χ0) is 10.6. The van der Waals surface area contributed by atoms with Crippen molar-refractivity contribution in [2.45, 2.75) is 46.6 Å². The van der Waals surface area contributed by atoms with E-state index >= 15 is 0 Å². The first-order chi connectivity index (χ1) is 5.75. The maximum Gasteiger partial charge on any atom is 0.307 e. The molecular formula is C10H20O3. The molecule has 2 unspecified atom stereocenters. The SMILES string of the molecule is CC(O)CCC(C(=O)O)C(C)(C)C. The molecule has 3 nitrogen and oxygen atoms in total. The number of carboxylic acids is 1. The van der Waals surface area contributed by atoms with E-state index in [0.717, 1.165) is 0 Å². The van der Waals surface area contributed by atoms with Gasteiger partial charge < -0.3 is 10.2 Å². The summed E-state index contributed by atoms with van der Waals surface area (Å²) in [6.45, 7) is 7.41. The molecule has 0 aliphatic rings. The number of carbonyl (C=O) groups is 1. The quantitative estimate of drug-likeness (QED) is 0.708. The van der Waals surface area contributed by atoms with Crippen molar-refractivity contribution in [3.63, 3.8) is 0 Å². The first kappa shape index (κ1) is 12.4. The third-order valence-corrected chi connectivity index (χ3v) is 2.22. The first-order valence-corrected chi connectivity index (χ1v) is 4.66. The minimum absolute atomic E-state index is 0.235. The van der Waals surface area contributed by atoms with E-state index in [1.165, 1.54) is 0 Å². The average Bonchev–Trinajstić information content (AvgIpc) is 1.81.